The van der Waals surface area contributed by atoms with E-state index >= 15 is 0 Å². The first-order chi connectivity index (χ1) is 13.7. The lowest BCUT2D eigenvalue weighted by atomic mass is 10.2. The minimum absolute atomic E-state index is 0.0181. The number of hydrogen-bond acceptors (Lipinski definition) is 6. The highest BCUT2D eigenvalue weighted by Gasteiger charge is 2.26. The number of amides is 2. The van der Waals surface area contributed by atoms with Crippen molar-refractivity contribution in [3.8, 4) is 11.4 Å². The molecule has 1 saturated heterocycles. The summed E-state index contributed by atoms with van der Waals surface area (Å²) in [5.74, 6) is 1.17. The predicted octanol–water partition coefficient (Wildman–Crippen LogP) is 2.25. The molecule has 0 bridgehead atoms. The van der Waals surface area contributed by atoms with E-state index < -0.39 is 0 Å². The minimum Gasteiger partial charge on any atom is -0.459 e. The van der Waals surface area contributed by atoms with Gasteiger partial charge in [0.25, 0.3) is 5.91 Å². The van der Waals surface area contributed by atoms with Crippen molar-refractivity contribution in [2.45, 2.75) is 12.8 Å². The van der Waals surface area contributed by atoms with Gasteiger partial charge in [-0.2, -0.15) is 4.98 Å². The Morgan fingerprint density at radius 2 is 1.71 bits per heavy atom. The Hall–Kier alpha value is -3.42. The zero-order valence-electron chi connectivity index (χ0n) is 15.3. The minimum atomic E-state index is -0.142. The van der Waals surface area contributed by atoms with E-state index in [9.17, 15) is 9.59 Å². The Bertz CT molecular complexity index is 928. The van der Waals surface area contributed by atoms with Gasteiger partial charge in [-0.05, 0) is 12.1 Å². The molecule has 0 atom stereocenters. The van der Waals surface area contributed by atoms with Gasteiger partial charge in [0.1, 0.15) is 0 Å². The summed E-state index contributed by atoms with van der Waals surface area (Å²) in [4.78, 5) is 32.6. The highest BCUT2D eigenvalue weighted by atomic mass is 16.5. The van der Waals surface area contributed by atoms with Gasteiger partial charge in [0, 0.05) is 44.6 Å². The molecule has 1 aliphatic rings. The van der Waals surface area contributed by atoms with Crippen LogP contribution in [0, 0.1) is 0 Å². The lowest BCUT2D eigenvalue weighted by Crippen LogP contribution is -2.50. The van der Waals surface area contributed by atoms with Crippen molar-refractivity contribution in [1.29, 1.82) is 0 Å². The van der Waals surface area contributed by atoms with Crippen LogP contribution in [0.15, 0.2) is 57.7 Å². The highest BCUT2D eigenvalue weighted by Crippen LogP contribution is 2.16. The molecular formula is C20H20N4O4. The Morgan fingerprint density at radius 1 is 0.964 bits per heavy atom. The molecule has 2 aromatic heterocycles. The van der Waals surface area contributed by atoms with Crippen LogP contribution >= 0.6 is 0 Å². The lowest BCUT2D eigenvalue weighted by Gasteiger charge is -2.34. The van der Waals surface area contributed by atoms with Crippen LogP contribution in [0.5, 0.6) is 0 Å². The molecule has 28 heavy (non-hydrogen) atoms. The number of furan rings is 1. The van der Waals surface area contributed by atoms with Crippen molar-refractivity contribution in [2.24, 2.45) is 0 Å². The van der Waals surface area contributed by atoms with Crippen molar-refractivity contribution in [3.63, 3.8) is 0 Å². The Balaban J connectivity index is 1.26. The maximum absolute atomic E-state index is 12.5. The van der Waals surface area contributed by atoms with Crippen LogP contribution in [0.1, 0.15) is 22.9 Å². The molecule has 1 aliphatic heterocycles. The molecule has 0 saturated carbocycles. The molecule has 144 valence electrons. The third-order valence-electron chi connectivity index (χ3n) is 4.70. The van der Waals surface area contributed by atoms with Crippen LogP contribution in [0.2, 0.25) is 0 Å². The topological polar surface area (TPSA) is 92.7 Å². The van der Waals surface area contributed by atoms with Gasteiger partial charge < -0.3 is 18.7 Å². The average molecular weight is 380 g/mol. The van der Waals surface area contributed by atoms with Crippen LogP contribution in [-0.2, 0) is 11.2 Å². The summed E-state index contributed by atoms with van der Waals surface area (Å²) in [5, 5.41) is 3.97. The molecular weight excluding hydrogens is 360 g/mol. The summed E-state index contributed by atoms with van der Waals surface area (Å²) in [6.45, 7) is 1.99. The van der Waals surface area contributed by atoms with Gasteiger partial charge in [0.05, 0.1) is 6.26 Å². The number of rotatable bonds is 5. The third kappa shape index (κ3) is 3.95. The van der Waals surface area contributed by atoms with Crippen molar-refractivity contribution >= 4 is 11.8 Å². The van der Waals surface area contributed by atoms with Gasteiger partial charge >= 0.3 is 0 Å². The van der Waals surface area contributed by atoms with E-state index in [1.54, 1.807) is 21.9 Å². The van der Waals surface area contributed by atoms with E-state index in [1.807, 2.05) is 30.3 Å². The zero-order valence-corrected chi connectivity index (χ0v) is 15.3. The number of aryl methyl sites for hydroxylation is 1. The second-order valence-corrected chi connectivity index (χ2v) is 6.53. The lowest BCUT2D eigenvalue weighted by molar-refractivity contribution is -0.132. The summed E-state index contributed by atoms with van der Waals surface area (Å²) < 4.78 is 10.4. The van der Waals surface area contributed by atoms with Crippen molar-refractivity contribution in [1.82, 2.24) is 19.9 Å². The molecule has 2 amide bonds. The zero-order chi connectivity index (χ0) is 19.3. The number of aromatic nitrogens is 2. The molecule has 8 heteroatoms. The van der Waals surface area contributed by atoms with Crippen LogP contribution in [0.4, 0.5) is 0 Å². The molecule has 3 heterocycles. The van der Waals surface area contributed by atoms with E-state index in [0.717, 1.165) is 5.56 Å². The third-order valence-corrected chi connectivity index (χ3v) is 4.70. The second-order valence-electron chi connectivity index (χ2n) is 6.53. The fourth-order valence-corrected chi connectivity index (χ4v) is 3.15. The summed E-state index contributed by atoms with van der Waals surface area (Å²) in [5.41, 5.74) is 0.876. The smallest absolute Gasteiger partial charge is 0.289 e. The fourth-order valence-electron chi connectivity index (χ4n) is 3.15. The highest BCUT2D eigenvalue weighted by molar-refractivity contribution is 5.91. The SMILES string of the molecule is O=C(CCc1nc(-c2ccccc2)no1)N1CCN(C(=O)c2ccco2)CC1. The molecule has 0 spiro atoms. The quantitative estimate of drug-likeness (QED) is 0.674. The Kier molecular flexibility index (Phi) is 5.18. The van der Waals surface area contributed by atoms with Gasteiger partial charge in [-0.1, -0.05) is 35.5 Å². The molecule has 4 rings (SSSR count). The second kappa shape index (κ2) is 8.08. The van der Waals surface area contributed by atoms with Gasteiger partial charge in [-0.25, -0.2) is 0 Å². The molecule has 0 radical (unpaired) electrons. The number of benzene rings is 1. The molecule has 0 N–H and O–H groups in total. The summed E-state index contributed by atoms with van der Waals surface area (Å²) in [7, 11) is 0. The van der Waals surface area contributed by atoms with Gasteiger partial charge in [0.15, 0.2) is 5.76 Å². The summed E-state index contributed by atoms with van der Waals surface area (Å²) in [6.07, 6.45) is 2.17. The molecule has 3 aromatic rings. The Morgan fingerprint density at radius 3 is 2.43 bits per heavy atom. The molecule has 1 fully saturated rings. The van der Waals surface area contributed by atoms with Crippen LogP contribution < -0.4 is 0 Å². The van der Waals surface area contributed by atoms with Gasteiger partial charge in [0.2, 0.25) is 17.6 Å². The molecule has 0 unspecified atom stereocenters. The maximum atomic E-state index is 12.5. The largest absolute Gasteiger partial charge is 0.459 e. The number of piperazine rings is 1. The molecule has 8 nitrogen and oxygen atoms in total. The van der Waals surface area contributed by atoms with Gasteiger partial charge in [-0.3, -0.25) is 9.59 Å². The van der Waals surface area contributed by atoms with E-state index in [4.69, 9.17) is 8.94 Å². The first kappa shape index (κ1) is 18.0. The number of carbonyl (C=O) groups is 2. The monoisotopic (exact) mass is 380 g/mol. The van der Waals surface area contributed by atoms with Gasteiger partial charge in [-0.15, -0.1) is 0 Å². The first-order valence-electron chi connectivity index (χ1n) is 9.19. The standard InChI is InChI=1S/C20H20N4O4/c25-18(9-8-17-21-19(22-28-17)15-5-2-1-3-6-15)23-10-12-24(13-11-23)20(26)16-7-4-14-27-16/h1-7,14H,8-13H2. The Labute approximate surface area is 161 Å². The molecule has 0 aliphatic carbocycles. The fraction of sp³-hybridized carbons (Fsp3) is 0.300. The first-order valence-corrected chi connectivity index (χ1v) is 9.19. The normalized spacial score (nSPS) is 14.3. The van der Waals surface area contributed by atoms with E-state index in [2.05, 4.69) is 10.1 Å². The molecule has 1 aromatic carbocycles. The maximum Gasteiger partial charge on any atom is 0.289 e. The number of hydrogen-bond donors (Lipinski definition) is 0. The summed E-state index contributed by atoms with van der Waals surface area (Å²) >= 11 is 0. The van der Waals surface area contributed by atoms with E-state index in [-0.39, 0.29) is 11.8 Å². The van der Waals surface area contributed by atoms with Crippen molar-refractivity contribution in [3.05, 3.63) is 60.4 Å². The van der Waals surface area contributed by atoms with Crippen molar-refractivity contribution in [2.75, 3.05) is 26.2 Å². The number of nitrogens with zero attached hydrogens (tertiary/aromatic N) is 4. The number of carbonyl (C=O) groups excluding carboxylic acids is 2. The van der Waals surface area contributed by atoms with Crippen molar-refractivity contribution < 1.29 is 18.5 Å². The van der Waals surface area contributed by atoms with Crippen LogP contribution in [0.25, 0.3) is 11.4 Å². The predicted molar refractivity (Wildman–Crippen MR) is 99.2 cm³/mol. The summed E-state index contributed by atoms with van der Waals surface area (Å²) in [6, 6.07) is 12.9. The van der Waals surface area contributed by atoms with Crippen LogP contribution in [0.3, 0.4) is 0 Å². The van der Waals surface area contributed by atoms with E-state index in [0.29, 0.717) is 56.5 Å². The van der Waals surface area contributed by atoms with E-state index in [1.165, 1.54) is 6.26 Å². The van der Waals surface area contributed by atoms with Crippen LogP contribution in [-0.4, -0.2) is 57.9 Å². The average Bonchev–Trinajstić information content (AvgIpc) is 3.44.